The van der Waals surface area contributed by atoms with Crippen LogP contribution in [0.3, 0.4) is 0 Å². The van der Waals surface area contributed by atoms with Crippen LogP contribution in [0.2, 0.25) is 0 Å². The van der Waals surface area contributed by atoms with E-state index in [4.69, 9.17) is 0 Å². The van der Waals surface area contributed by atoms with Crippen molar-refractivity contribution in [2.24, 2.45) is 5.10 Å². The van der Waals surface area contributed by atoms with Crippen molar-refractivity contribution in [2.45, 2.75) is 6.42 Å². The minimum atomic E-state index is -0.0461. The number of anilines is 4. The molecular weight excluding hydrogens is 470 g/mol. The summed E-state index contributed by atoms with van der Waals surface area (Å²) in [6, 6.07) is 39.3. The van der Waals surface area contributed by atoms with E-state index >= 15 is 0 Å². The van der Waals surface area contributed by atoms with Crippen molar-refractivity contribution in [3.05, 3.63) is 121 Å². The van der Waals surface area contributed by atoms with Crippen molar-refractivity contribution in [3.8, 4) is 0 Å². The van der Waals surface area contributed by atoms with E-state index in [2.05, 4.69) is 81.0 Å². The summed E-state index contributed by atoms with van der Waals surface area (Å²) in [4.78, 5) is 18.5. The molecule has 0 saturated carbocycles. The Hall–Kier alpha value is -4.42. The highest BCUT2D eigenvalue weighted by molar-refractivity contribution is 5.84. The molecule has 2 N–H and O–H groups in total. The Kier molecular flexibility index (Phi) is 8.44. The number of hydrazone groups is 1. The molecule has 5 rings (SSSR count). The fourth-order valence-electron chi connectivity index (χ4n) is 4.81. The summed E-state index contributed by atoms with van der Waals surface area (Å²) in [5.74, 6) is -0.0461. The first-order valence-corrected chi connectivity index (χ1v) is 13.2. The number of hydrogen-bond acceptors (Lipinski definition) is 4. The Labute approximate surface area is 224 Å². The summed E-state index contributed by atoms with van der Waals surface area (Å²) < 4.78 is 0. The summed E-state index contributed by atoms with van der Waals surface area (Å²) >= 11 is 0. The van der Waals surface area contributed by atoms with Gasteiger partial charge < -0.3 is 14.7 Å². The van der Waals surface area contributed by atoms with Crippen LogP contribution < -0.4 is 20.1 Å². The van der Waals surface area contributed by atoms with E-state index in [1.165, 1.54) is 10.6 Å². The van der Waals surface area contributed by atoms with Gasteiger partial charge in [0, 0.05) is 22.7 Å². The van der Waals surface area contributed by atoms with E-state index in [0.717, 1.165) is 55.3 Å². The summed E-state index contributed by atoms with van der Waals surface area (Å²) in [5, 5.41) is 4.19. The molecule has 6 nitrogen and oxygen atoms in total. The van der Waals surface area contributed by atoms with Gasteiger partial charge >= 0.3 is 0 Å². The van der Waals surface area contributed by atoms with Gasteiger partial charge in [-0.1, -0.05) is 66.7 Å². The van der Waals surface area contributed by atoms with E-state index in [1.54, 1.807) is 6.21 Å². The first-order valence-electron chi connectivity index (χ1n) is 13.2. The van der Waals surface area contributed by atoms with Gasteiger partial charge in [0.15, 0.2) is 0 Å². The van der Waals surface area contributed by atoms with Gasteiger partial charge in [0.1, 0.15) is 0 Å². The van der Waals surface area contributed by atoms with Crippen molar-refractivity contribution in [3.63, 3.8) is 0 Å². The lowest BCUT2D eigenvalue weighted by atomic mass is 10.1. The van der Waals surface area contributed by atoms with Gasteiger partial charge in [0.25, 0.3) is 0 Å². The SMILES string of the molecule is O=C(CC[NH+]1CCN(c2ccccc2)CC1)NN=Cc1ccc(N(c2ccccc2)c2ccccc2)cc1. The number of benzene rings is 4. The second kappa shape index (κ2) is 12.7. The Morgan fingerprint density at radius 1 is 0.763 bits per heavy atom. The molecule has 1 aliphatic heterocycles. The zero-order valence-corrected chi connectivity index (χ0v) is 21.5. The molecule has 0 spiro atoms. The molecule has 4 aromatic carbocycles. The number of rotatable bonds is 9. The van der Waals surface area contributed by atoms with Crippen molar-refractivity contribution < 1.29 is 9.69 Å². The predicted molar refractivity (Wildman–Crippen MR) is 156 cm³/mol. The maximum atomic E-state index is 12.4. The van der Waals surface area contributed by atoms with Crippen LogP contribution in [0.15, 0.2) is 120 Å². The van der Waals surface area contributed by atoms with Crippen molar-refractivity contribution in [2.75, 3.05) is 42.5 Å². The van der Waals surface area contributed by atoms with Gasteiger partial charge in [0.05, 0.1) is 45.4 Å². The zero-order chi connectivity index (χ0) is 26.0. The third-order valence-electron chi connectivity index (χ3n) is 6.88. The van der Waals surface area contributed by atoms with Crippen LogP contribution in [0.25, 0.3) is 0 Å². The molecule has 4 aromatic rings. The molecule has 1 aliphatic rings. The lowest BCUT2D eigenvalue weighted by Crippen LogP contribution is -3.15. The lowest BCUT2D eigenvalue weighted by molar-refractivity contribution is -0.900. The van der Waals surface area contributed by atoms with E-state index in [0.29, 0.717) is 6.42 Å². The summed E-state index contributed by atoms with van der Waals surface area (Å²) in [6.45, 7) is 4.94. The van der Waals surface area contributed by atoms with Crippen LogP contribution in [0.1, 0.15) is 12.0 Å². The fraction of sp³-hybridized carbons (Fsp3) is 0.188. The van der Waals surface area contributed by atoms with Crippen molar-refractivity contribution in [1.29, 1.82) is 0 Å². The van der Waals surface area contributed by atoms with E-state index < -0.39 is 0 Å². The third-order valence-corrected chi connectivity index (χ3v) is 6.88. The average molecular weight is 505 g/mol. The molecule has 192 valence electrons. The number of hydrogen-bond donors (Lipinski definition) is 2. The zero-order valence-electron chi connectivity index (χ0n) is 21.5. The second-order valence-corrected chi connectivity index (χ2v) is 9.46. The van der Waals surface area contributed by atoms with Gasteiger partial charge in [-0.25, -0.2) is 5.43 Å². The molecule has 1 amide bonds. The molecule has 0 aromatic heterocycles. The van der Waals surface area contributed by atoms with E-state index in [1.807, 2.05) is 54.6 Å². The number of nitrogens with one attached hydrogen (secondary N) is 2. The highest BCUT2D eigenvalue weighted by Crippen LogP contribution is 2.33. The van der Waals surface area contributed by atoms with E-state index in [9.17, 15) is 4.79 Å². The minimum Gasteiger partial charge on any atom is -0.360 e. The van der Waals surface area contributed by atoms with Crippen LogP contribution >= 0.6 is 0 Å². The number of amides is 1. The number of para-hydroxylation sites is 3. The molecule has 6 heteroatoms. The predicted octanol–water partition coefficient (Wildman–Crippen LogP) is 4.40. The summed E-state index contributed by atoms with van der Waals surface area (Å²) in [5.41, 5.74) is 8.14. The maximum Gasteiger partial charge on any atom is 0.245 e. The smallest absolute Gasteiger partial charge is 0.245 e. The van der Waals surface area contributed by atoms with Crippen LogP contribution in [-0.4, -0.2) is 44.8 Å². The molecule has 1 fully saturated rings. The molecule has 1 heterocycles. The highest BCUT2D eigenvalue weighted by atomic mass is 16.2. The summed E-state index contributed by atoms with van der Waals surface area (Å²) in [6.07, 6.45) is 2.17. The normalized spacial score (nSPS) is 13.9. The largest absolute Gasteiger partial charge is 0.360 e. The Bertz CT molecular complexity index is 1260. The first-order chi connectivity index (χ1) is 18.8. The highest BCUT2D eigenvalue weighted by Gasteiger charge is 2.20. The molecule has 0 aliphatic carbocycles. The Morgan fingerprint density at radius 2 is 1.29 bits per heavy atom. The number of nitrogens with zero attached hydrogens (tertiary/aromatic N) is 3. The molecule has 0 radical (unpaired) electrons. The monoisotopic (exact) mass is 504 g/mol. The molecule has 1 saturated heterocycles. The number of carbonyl (C=O) groups is 1. The standard InChI is InChI=1S/C32H33N5O/c38-32(20-21-35-22-24-36(25-23-35)28-10-4-1-5-11-28)34-33-26-27-16-18-31(19-17-27)37(29-12-6-2-7-13-29)30-14-8-3-9-15-30/h1-19,26H,20-25H2,(H,34,38)/p+1. The quantitative estimate of drug-likeness (QED) is 0.262. The molecular formula is C32H34N5O+. The Balaban J connectivity index is 1.11. The third kappa shape index (κ3) is 6.66. The number of piperazine rings is 1. The van der Waals surface area contributed by atoms with Crippen LogP contribution in [0.5, 0.6) is 0 Å². The molecule has 0 unspecified atom stereocenters. The van der Waals surface area contributed by atoms with Gasteiger partial charge in [-0.2, -0.15) is 5.10 Å². The molecule has 0 atom stereocenters. The van der Waals surface area contributed by atoms with Crippen LogP contribution in [0.4, 0.5) is 22.7 Å². The average Bonchev–Trinajstić information content (AvgIpc) is 2.99. The maximum absolute atomic E-state index is 12.4. The second-order valence-electron chi connectivity index (χ2n) is 9.46. The van der Waals surface area contributed by atoms with E-state index in [-0.39, 0.29) is 5.91 Å². The van der Waals surface area contributed by atoms with Gasteiger partial charge in [-0.15, -0.1) is 0 Å². The molecule has 0 bridgehead atoms. The van der Waals surface area contributed by atoms with Crippen LogP contribution in [-0.2, 0) is 4.79 Å². The van der Waals surface area contributed by atoms with Crippen molar-refractivity contribution in [1.82, 2.24) is 5.43 Å². The van der Waals surface area contributed by atoms with Gasteiger partial charge in [-0.05, 0) is 54.1 Å². The summed E-state index contributed by atoms with van der Waals surface area (Å²) in [7, 11) is 0. The first kappa shape index (κ1) is 25.2. The van der Waals surface area contributed by atoms with Crippen molar-refractivity contribution >= 4 is 34.9 Å². The van der Waals surface area contributed by atoms with Crippen LogP contribution in [0, 0.1) is 0 Å². The Morgan fingerprint density at radius 3 is 1.87 bits per heavy atom. The van der Waals surface area contributed by atoms with Gasteiger partial charge in [0.2, 0.25) is 5.91 Å². The van der Waals surface area contributed by atoms with Gasteiger partial charge in [-0.3, -0.25) is 4.79 Å². The topological polar surface area (TPSA) is 52.4 Å². The number of carbonyl (C=O) groups excluding carboxylic acids is 1. The fourth-order valence-corrected chi connectivity index (χ4v) is 4.81. The number of quaternary nitrogens is 1. The minimum absolute atomic E-state index is 0.0461. The lowest BCUT2D eigenvalue weighted by Gasteiger charge is -2.33. The molecule has 38 heavy (non-hydrogen) atoms.